The molecule has 27 heavy (non-hydrogen) atoms. The number of carboxylic acid groups (broad SMARTS) is 1. The molecule has 0 aromatic heterocycles. The highest BCUT2D eigenvalue weighted by Gasteiger charge is 2.04. The SMILES string of the molecule is CCCCCCCCCCCCCCOc1ccc(C#CC(=O)O)cc1F. The van der Waals surface area contributed by atoms with Crippen LogP contribution >= 0.6 is 0 Å². The van der Waals surface area contributed by atoms with Crippen molar-refractivity contribution in [3.8, 4) is 17.6 Å². The van der Waals surface area contributed by atoms with Crippen molar-refractivity contribution in [1.29, 1.82) is 0 Å². The van der Waals surface area contributed by atoms with Crippen LogP contribution in [0.3, 0.4) is 0 Å². The maximum Gasteiger partial charge on any atom is 0.382 e. The number of hydrogen-bond donors (Lipinski definition) is 1. The Kier molecular flexibility index (Phi) is 12.9. The van der Waals surface area contributed by atoms with E-state index < -0.39 is 11.8 Å². The Morgan fingerprint density at radius 2 is 1.52 bits per heavy atom. The summed E-state index contributed by atoms with van der Waals surface area (Å²) in [6.45, 7) is 2.74. The van der Waals surface area contributed by atoms with Crippen LogP contribution in [0.2, 0.25) is 0 Å². The second-order valence-electron chi connectivity index (χ2n) is 6.94. The fourth-order valence-electron chi connectivity index (χ4n) is 2.95. The van der Waals surface area contributed by atoms with E-state index in [1.165, 1.54) is 76.3 Å². The minimum Gasteiger partial charge on any atom is -0.491 e. The van der Waals surface area contributed by atoms with Crippen molar-refractivity contribution in [3.05, 3.63) is 29.6 Å². The summed E-state index contributed by atoms with van der Waals surface area (Å²) in [5, 5.41) is 8.49. The van der Waals surface area contributed by atoms with Crippen molar-refractivity contribution in [2.45, 2.75) is 84.0 Å². The number of aliphatic carboxylic acids is 1. The van der Waals surface area contributed by atoms with Crippen LogP contribution in [0, 0.1) is 17.7 Å². The third-order valence-corrected chi connectivity index (χ3v) is 4.50. The van der Waals surface area contributed by atoms with Gasteiger partial charge in [0.2, 0.25) is 0 Å². The molecule has 3 nitrogen and oxygen atoms in total. The maximum absolute atomic E-state index is 13.9. The number of halogens is 1. The molecule has 1 aromatic rings. The van der Waals surface area contributed by atoms with Crippen LogP contribution in [0.25, 0.3) is 0 Å². The van der Waals surface area contributed by atoms with Crippen molar-refractivity contribution < 1.29 is 19.0 Å². The summed E-state index contributed by atoms with van der Waals surface area (Å²) in [5.41, 5.74) is 0.326. The fourth-order valence-corrected chi connectivity index (χ4v) is 2.95. The number of ether oxygens (including phenoxy) is 1. The van der Waals surface area contributed by atoms with Crippen LogP contribution in [0.5, 0.6) is 5.75 Å². The first-order chi connectivity index (χ1) is 13.1. The first-order valence-corrected chi connectivity index (χ1v) is 10.3. The number of carboxylic acids is 1. The van der Waals surface area contributed by atoms with Crippen molar-refractivity contribution in [1.82, 2.24) is 0 Å². The van der Waals surface area contributed by atoms with E-state index in [1.807, 2.05) is 5.92 Å². The molecule has 150 valence electrons. The van der Waals surface area contributed by atoms with Gasteiger partial charge in [0.05, 0.1) is 6.61 Å². The lowest BCUT2D eigenvalue weighted by Crippen LogP contribution is -1.99. The molecule has 0 radical (unpaired) electrons. The summed E-state index contributed by atoms with van der Waals surface area (Å²) in [6, 6.07) is 4.27. The minimum absolute atomic E-state index is 0.193. The van der Waals surface area contributed by atoms with E-state index in [0.717, 1.165) is 12.8 Å². The van der Waals surface area contributed by atoms with Crippen LogP contribution in [-0.2, 0) is 4.79 Å². The Morgan fingerprint density at radius 3 is 2.04 bits per heavy atom. The van der Waals surface area contributed by atoms with Crippen LogP contribution in [0.15, 0.2) is 18.2 Å². The fraction of sp³-hybridized carbons (Fsp3) is 0.609. The third kappa shape index (κ3) is 12.1. The zero-order valence-electron chi connectivity index (χ0n) is 16.6. The van der Waals surface area contributed by atoms with Crippen LogP contribution < -0.4 is 4.74 Å². The molecule has 0 bridgehead atoms. The number of benzene rings is 1. The van der Waals surface area contributed by atoms with Gasteiger partial charge in [0.25, 0.3) is 0 Å². The lowest BCUT2D eigenvalue weighted by molar-refractivity contribution is -0.130. The second-order valence-corrected chi connectivity index (χ2v) is 6.94. The average molecular weight is 377 g/mol. The van der Waals surface area contributed by atoms with E-state index in [2.05, 4.69) is 12.8 Å². The molecule has 0 saturated carbocycles. The van der Waals surface area contributed by atoms with E-state index >= 15 is 0 Å². The summed E-state index contributed by atoms with van der Waals surface area (Å²) in [7, 11) is 0. The van der Waals surface area contributed by atoms with Gasteiger partial charge in [-0.2, -0.15) is 0 Å². The zero-order valence-corrected chi connectivity index (χ0v) is 16.6. The predicted molar refractivity (Wildman–Crippen MR) is 107 cm³/mol. The van der Waals surface area contributed by atoms with Crippen molar-refractivity contribution in [3.63, 3.8) is 0 Å². The van der Waals surface area contributed by atoms with Crippen molar-refractivity contribution in [2.75, 3.05) is 6.61 Å². The van der Waals surface area contributed by atoms with Gasteiger partial charge in [-0.15, -0.1) is 0 Å². The Morgan fingerprint density at radius 1 is 0.963 bits per heavy atom. The molecule has 0 fully saturated rings. The number of rotatable bonds is 14. The normalized spacial score (nSPS) is 10.3. The largest absolute Gasteiger partial charge is 0.491 e. The summed E-state index contributed by atoms with van der Waals surface area (Å²) < 4.78 is 19.4. The van der Waals surface area contributed by atoms with E-state index in [0.29, 0.717) is 12.2 Å². The van der Waals surface area contributed by atoms with Crippen molar-refractivity contribution >= 4 is 5.97 Å². The number of hydrogen-bond acceptors (Lipinski definition) is 2. The summed E-state index contributed by atoms with van der Waals surface area (Å²) >= 11 is 0. The molecule has 1 aromatic carbocycles. The highest BCUT2D eigenvalue weighted by molar-refractivity contribution is 5.87. The molecule has 0 aliphatic rings. The first kappa shape index (κ1) is 23.0. The first-order valence-electron chi connectivity index (χ1n) is 10.3. The van der Waals surface area contributed by atoms with Gasteiger partial charge in [0, 0.05) is 11.5 Å². The molecule has 0 spiro atoms. The van der Waals surface area contributed by atoms with Gasteiger partial charge in [-0.3, -0.25) is 0 Å². The number of carbonyl (C=O) groups is 1. The predicted octanol–water partition coefficient (Wildman–Crippen LogP) is 6.34. The second kappa shape index (κ2) is 15.1. The molecular formula is C23H33FO3. The van der Waals surface area contributed by atoms with Gasteiger partial charge in [-0.25, -0.2) is 9.18 Å². The van der Waals surface area contributed by atoms with E-state index in [4.69, 9.17) is 9.84 Å². The Labute approximate surface area is 163 Å². The van der Waals surface area contributed by atoms with Gasteiger partial charge >= 0.3 is 5.97 Å². The monoisotopic (exact) mass is 376 g/mol. The third-order valence-electron chi connectivity index (χ3n) is 4.50. The highest BCUT2D eigenvalue weighted by atomic mass is 19.1. The van der Waals surface area contributed by atoms with Gasteiger partial charge in [0.1, 0.15) is 0 Å². The van der Waals surface area contributed by atoms with Gasteiger partial charge in [0.15, 0.2) is 11.6 Å². The standard InChI is InChI=1S/C23H33FO3/c1-2-3-4-5-6-7-8-9-10-11-12-13-18-27-22-16-14-20(19-21(22)24)15-17-23(25)26/h14,16,19H,2-13,18H2,1H3,(H,25,26). The lowest BCUT2D eigenvalue weighted by Gasteiger charge is -2.07. The molecule has 0 heterocycles. The smallest absolute Gasteiger partial charge is 0.382 e. The molecule has 0 atom stereocenters. The summed E-state index contributed by atoms with van der Waals surface area (Å²) in [5.74, 6) is 2.80. The molecule has 0 unspecified atom stereocenters. The molecule has 1 rings (SSSR count). The average Bonchev–Trinajstić information content (AvgIpc) is 2.65. The van der Waals surface area contributed by atoms with E-state index in [1.54, 1.807) is 6.07 Å². The molecule has 0 saturated heterocycles. The lowest BCUT2D eigenvalue weighted by atomic mass is 10.1. The molecule has 0 aliphatic carbocycles. The summed E-state index contributed by atoms with van der Waals surface area (Å²) in [6.07, 6.45) is 15.3. The molecule has 4 heteroatoms. The maximum atomic E-state index is 13.9. The van der Waals surface area contributed by atoms with Gasteiger partial charge in [-0.1, -0.05) is 83.5 Å². The van der Waals surface area contributed by atoms with Gasteiger partial charge < -0.3 is 9.84 Å². The molecular weight excluding hydrogens is 343 g/mol. The highest BCUT2D eigenvalue weighted by Crippen LogP contribution is 2.19. The van der Waals surface area contributed by atoms with Gasteiger partial charge in [-0.05, 0) is 24.6 Å². The molecule has 1 N–H and O–H groups in total. The molecule has 0 amide bonds. The topological polar surface area (TPSA) is 46.5 Å². The van der Waals surface area contributed by atoms with Crippen LogP contribution in [0.1, 0.15) is 89.5 Å². The Hall–Kier alpha value is -2.02. The van der Waals surface area contributed by atoms with Crippen LogP contribution in [0.4, 0.5) is 4.39 Å². The Balaban J connectivity index is 2.04. The van der Waals surface area contributed by atoms with Crippen LogP contribution in [-0.4, -0.2) is 17.7 Å². The zero-order chi connectivity index (χ0) is 19.7. The summed E-state index contributed by atoms with van der Waals surface area (Å²) in [4.78, 5) is 10.4. The number of unbranched alkanes of at least 4 members (excludes halogenated alkanes) is 11. The molecule has 0 aliphatic heterocycles. The van der Waals surface area contributed by atoms with E-state index in [-0.39, 0.29) is 5.75 Å². The minimum atomic E-state index is -1.23. The quantitative estimate of drug-likeness (QED) is 0.304. The van der Waals surface area contributed by atoms with Crippen molar-refractivity contribution in [2.24, 2.45) is 0 Å². The Bertz CT molecular complexity index is 601. The van der Waals surface area contributed by atoms with E-state index in [9.17, 15) is 9.18 Å².